The van der Waals surface area contributed by atoms with Gasteiger partial charge in [-0.05, 0) is 0 Å². The van der Waals surface area contributed by atoms with Gasteiger partial charge in [0.15, 0.2) is 0 Å². The summed E-state index contributed by atoms with van der Waals surface area (Å²) in [6.45, 7) is 0.836. The van der Waals surface area contributed by atoms with Crippen LogP contribution in [-0.2, 0) is 17.4 Å². The third-order valence-corrected chi connectivity index (χ3v) is 4.79. The number of rotatable bonds is 8. The van der Waals surface area contributed by atoms with Crippen molar-refractivity contribution in [3.05, 3.63) is 35.4 Å². The van der Waals surface area contributed by atoms with Gasteiger partial charge in [-0.3, -0.25) is 0 Å². The second kappa shape index (κ2) is 8.21. The van der Waals surface area contributed by atoms with Crippen molar-refractivity contribution >= 4 is 24.9 Å². The Kier molecular flexibility index (Phi) is 5.92. The Bertz CT molecular complexity index is 957. The van der Waals surface area contributed by atoms with Crippen LogP contribution < -0.4 is 10.5 Å². The predicted octanol–water partition coefficient (Wildman–Crippen LogP) is 0.159. The topological polar surface area (TPSA) is 169 Å². The molecule has 0 unspecified atom stereocenters. The molecule has 2 heterocycles. The van der Waals surface area contributed by atoms with Crippen LogP contribution >= 0.6 is 7.94 Å². The van der Waals surface area contributed by atoms with E-state index in [1.807, 2.05) is 0 Å². The van der Waals surface area contributed by atoms with Crippen LogP contribution in [0.2, 0.25) is 0 Å². The fourth-order valence-corrected chi connectivity index (χ4v) is 3.42. The third-order valence-electron chi connectivity index (χ3n) is 3.90. The molecule has 0 bridgehead atoms. The van der Waals surface area contributed by atoms with Crippen molar-refractivity contribution in [2.45, 2.75) is 12.7 Å². The minimum absolute atomic E-state index is 0.0497. The summed E-state index contributed by atoms with van der Waals surface area (Å²) < 4.78 is 11.8. The molecule has 0 saturated carbocycles. The number of benzene rings is 1. The Morgan fingerprint density at radius 1 is 1.04 bits per heavy atom. The first-order chi connectivity index (χ1) is 13.3. The first-order valence-corrected chi connectivity index (χ1v) is 10.4. The minimum atomic E-state index is -4.16. The average molecular weight is 411 g/mol. The first kappa shape index (κ1) is 20.2. The molecule has 0 aliphatic heterocycles. The van der Waals surface area contributed by atoms with E-state index in [9.17, 15) is 19.8 Å². The molecule has 0 atom stereocenters. The van der Waals surface area contributed by atoms with Crippen molar-refractivity contribution in [1.82, 2.24) is 19.5 Å². The molecule has 152 valence electrons. The number of aromatic nitrogens is 4. The van der Waals surface area contributed by atoms with E-state index in [0.717, 1.165) is 5.56 Å². The molecule has 3 aromatic rings. The molecule has 3 rings (SSSR count). The van der Waals surface area contributed by atoms with Crippen molar-refractivity contribution in [2.24, 2.45) is 0 Å². The molecule has 0 fully saturated rings. The predicted molar refractivity (Wildman–Crippen MR) is 103 cm³/mol. The molecular formula is C16H22N5O6P. The number of hydrogen-bond acceptors (Lipinski definition) is 10. The van der Waals surface area contributed by atoms with Crippen molar-refractivity contribution in [3.63, 3.8) is 0 Å². The standard InChI is InChI=1S/C16H22N5O6P/c1-26-6-7-27-15-19-13(17)12-14(20-15)21(16(22)18-12)8-10-2-4-11(5-3-10)9-28(23,24)25/h2-5,23-25,28H,6-9H2,1H3,(H,18,22)(H2,17,19,20). The number of methoxy groups -OCH3 is 1. The molecule has 0 saturated heterocycles. The van der Waals surface area contributed by atoms with E-state index in [1.165, 1.54) is 4.57 Å². The van der Waals surface area contributed by atoms with Crippen LogP contribution in [0.3, 0.4) is 0 Å². The summed E-state index contributed by atoms with van der Waals surface area (Å²) in [5, 5.41) is 10.2. The summed E-state index contributed by atoms with van der Waals surface area (Å²) in [5.41, 5.74) is 7.84. The summed E-state index contributed by atoms with van der Waals surface area (Å²) in [4.78, 5) is 39.9. The Hall–Kier alpha value is -2.56. The quantitative estimate of drug-likeness (QED) is 0.254. The third kappa shape index (κ3) is 4.83. The Labute approximate surface area is 160 Å². The molecule has 11 nitrogen and oxygen atoms in total. The molecule has 1 aromatic carbocycles. The van der Waals surface area contributed by atoms with Gasteiger partial charge in [-0.1, -0.05) is 0 Å². The van der Waals surface area contributed by atoms with E-state index in [0.29, 0.717) is 17.8 Å². The summed E-state index contributed by atoms with van der Waals surface area (Å²) in [6, 6.07) is 6.58. The second-order valence-corrected chi connectivity index (χ2v) is 8.07. The van der Waals surface area contributed by atoms with Crippen LogP contribution in [0.5, 0.6) is 12.0 Å². The van der Waals surface area contributed by atoms with Gasteiger partial charge in [0.1, 0.15) is 0 Å². The summed E-state index contributed by atoms with van der Waals surface area (Å²) in [5.74, 6) is 0.0805. The number of anilines is 1. The van der Waals surface area contributed by atoms with Crippen molar-refractivity contribution in [2.75, 3.05) is 26.1 Å². The van der Waals surface area contributed by atoms with E-state index in [2.05, 4.69) is 15.0 Å². The summed E-state index contributed by atoms with van der Waals surface area (Å²) in [7, 11) is -2.61. The zero-order chi connectivity index (χ0) is 20.3. The molecule has 0 spiro atoms. The van der Waals surface area contributed by atoms with Crippen LogP contribution in [0.15, 0.2) is 24.3 Å². The Morgan fingerprint density at radius 3 is 2.36 bits per heavy atom. The molecule has 12 heteroatoms. The number of aromatic hydroxyl groups is 1. The molecule has 28 heavy (non-hydrogen) atoms. The van der Waals surface area contributed by atoms with Gasteiger partial charge in [-0.25, -0.2) is 0 Å². The van der Waals surface area contributed by atoms with Crippen molar-refractivity contribution in [1.29, 1.82) is 0 Å². The monoisotopic (exact) mass is 411 g/mol. The van der Waals surface area contributed by atoms with E-state index in [1.54, 1.807) is 31.4 Å². The van der Waals surface area contributed by atoms with Crippen LogP contribution in [-0.4, -0.2) is 59.6 Å². The van der Waals surface area contributed by atoms with Crippen LogP contribution in [0.25, 0.3) is 11.2 Å². The van der Waals surface area contributed by atoms with E-state index in [4.69, 9.17) is 15.2 Å². The number of fused-ring (bicyclic) bond motifs is 1. The van der Waals surface area contributed by atoms with Crippen LogP contribution in [0.1, 0.15) is 11.1 Å². The molecule has 0 aliphatic carbocycles. The van der Waals surface area contributed by atoms with E-state index in [-0.39, 0.29) is 42.7 Å². The number of ether oxygens (including phenoxy) is 2. The fraction of sp³-hybridized carbons (Fsp3) is 0.312. The number of imidazole rings is 1. The van der Waals surface area contributed by atoms with Gasteiger partial charge >= 0.3 is 141 Å². The molecule has 6 N–H and O–H groups in total. The van der Waals surface area contributed by atoms with E-state index >= 15 is 0 Å². The number of nitrogens with two attached hydrogens (primary N) is 1. The summed E-state index contributed by atoms with van der Waals surface area (Å²) in [6.07, 6.45) is -0.196. The fourth-order valence-electron chi connectivity index (χ4n) is 2.64. The maximum absolute atomic E-state index is 10.2. The zero-order valence-corrected chi connectivity index (χ0v) is 16.1. The SMILES string of the molecule is COCCOc1nc(N)c2nc(O)n(Cc3ccc(C[PH](O)(O)O)cc3)c2n1. The number of hydrogen-bond donors (Lipinski definition) is 5. The zero-order valence-electron chi connectivity index (χ0n) is 15.1. The van der Waals surface area contributed by atoms with Crippen LogP contribution in [0.4, 0.5) is 5.82 Å². The number of nitrogens with zero attached hydrogens (tertiary/aromatic N) is 4. The van der Waals surface area contributed by atoms with Gasteiger partial charge in [-0.2, -0.15) is 0 Å². The average Bonchev–Trinajstić information content (AvgIpc) is 2.92. The normalized spacial score (nSPS) is 12.4. The van der Waals surface area contributed by atoms with Crippen LogP contribution in [0, 0.1) is 0 Å². The van der Waals surface area contributed by atoms with Gasteiger partial charge in [0.25, 0.3) is 0 Å². The number of nitrogen functional groups attached to an aromatic ring is 1. The van der Waals surface area contributed by atoms with Gasteiger partial charge in [0, 0.05) is 7.11 Å². The van der Waals surface area contributed by atoms with Gasteiger partial charge < -0.3 is 4.74 Å². The van der Waals surface area contributed by atoms with Crippen molar-refractivity contribution in [3.8, 4) is 12.0 Å². The molecule has 0 aliphatic rings. The first-order valence-electron chi connectivity index (χ1n) is 8.36. The van der Waals surface area contributed by atoms with Gasteiger partial charge in [0.2, 0.25) is 0 Å². The van der Waals surface area contributed by atoms with Gasteiger partial charge in [-0.15, -0.1) is 0 Å². The molecule has 2 aromatic heterocycles. The Morgan fingerprint density at radius 2 is 1.71 bits per heavy atom. The maximum atomic E-state index is 10.2. The van der Waals surface area contributed by atoms with Gasteiger partial charge in [0.05, 0.1) is 6.61 Å². The van der Waals surface area contributed by atoms with Crippen molar-refractivity contribution < 1.29 is 29.3 Å². The summed E-state index contributed by atoms with van der Waals surface area (Å²) >= 11 is 0. The molecular weight excluding hydrogens is 389 g/mol. The molecule has 0 amide bonds. The molecule has 0 radical (unpaired) electrons. The Balaban J connectivity index is 1.86. The van der Waals surface area contributed by atoms with E-state index < -0.39 is 7.94 Å². The second-order valence-electron chi connectivity index (χ2n) is 6.17.